The third-order valence-electron chi connectivity index (χ3n) is 1.52. The Kier molecular flexibility index (Phi) is 3.14. The fourth-order valence-corrected chi connectivity index (χ4v) is 1.01. The SMILES string of the molecule is COC(=O)c1cc(O)c(Cl)nc1OC. The van der Waals surface area contributed by atoms with Crippen molar-refractivity contribution in [2.45, 2.75) is 0 Å². The van der Waals surface area contributed by atoms with Gasteiger partial charge in [0.2, 0.25) is 5.88 Å². The van der Waals surface area contributed by atoms with Crippen LogP contribution >= 0.6 is 11.6 Å². The molecule has 1 rings (SSSR count). The topological polar surface area (TPSA) is 68.7 Å². The molecule has 0 fully saturated rings. The maximum Gasteiger partial charge on any atom is 0.343 e. The second kappa shape index (κ2) is 4.15. The van der Waals surface area contributed by atoms with E-state index in [-0.39, 0.29) is 22.3 Å². The summed E-state index contributed by atoms with van der Waals surface area (Å²) in [6.07, 6.45) is 0. The highest BCUT2D eigenvalue weighted by Crippen LogP contribution is 2.27. The van der Waals surface area contributed by atoms with Crippen molar-refractivity contribution in [2.75, 3.05) is 14.2 Å². The highest BCUT2D eigenvalue weighted by Gasteiger charge is 2.17. The number of hydrogen-bond acceptors (Lipinski definition) is 5. The monoisotopic (exact) mass is 217 g/mol. The summed E-state index contributed by atoms with van der Waals surface area (Å²) in [6, 6.07) is 1.14. The van der Waals surface area contributed by atoms with Gasteiger partial charge >= 0.3 is 5.97 Å². The van der Waals surface area contributed by atoms with Crippen LogP contribution in [0.2, 0.25) is 5.15 Å². The molecule has 0 bridgehead atoms. The van der Waals surface area contributed by atoms with Crippen molar-refractivity contribution in [3.8, 4) is 11.6 Å². The quantitative estimate of drug-likeness (QED) is 0.596. The van der Waals surface area contributed by atoms with E-state index in [0.29, 0.717) is 0 Å². The number of carbonyl (C=O) groups excluding carboxylic acids is 1. The van der Waals surface area contributed by atoms with Gasteiger partial charge in [-0.25, -0.2) is 4.79 Å². The Morgan fingerprint density at radius 1 is 1.57 bits per heavy atom. The van der Waals surface area contributed by atoms with E-state index >= 15 is 0 Å². The first-order valence-corrected chi connectivity index (χ1v) is 3.99. The number of hydrogen-bond donors (Lipinski definition) is 1. The summed E-state index contributed by atoms with van der Waals surface area (Å²) in [4.78, 5) is 14.8. The predicted octanol–water partition coefficient (Wildman–Crippen LogP) is 1.24. The van der Waals surface area contributed by atoms with Crippen molar-refractivity contribution in [3.05, 3.63) is 16.8 Å². The number of halogens is 1. The molecule has 1 N–H and O–H groups in total. The molecule has 0 radical (unpaired) electrons. The molecule has 76 valence electrons. The van der Waals surface area contributed by atoms with Crippen LogP contribution in [0, 0.1) is 0 Å². The molecule has 5 nitrogen and oxygen atoms in total. The number of ether oxygens (including phenoxy) is 2. The zero-order valence-electron chi connectivity index (χ0n) is 7.57. The number of methoxy groups -OCH3 is 2. The number of aromatic hydroxyl groups is 1. The van der Waals surface area contributed by atoms with E-state index in [1.54, 1.807) is 0 Å². The molecule has 1 aromatic rings. The molecule has 0 amide bonds. The summed E-state index contributed by atoms with van der Waals surface area (Å²) in [7, 11) is 2.55. The number of rotatable bonds is 2. The highest BCUT2D eigenvalue weighted by atomic mass is 35.5. The van der Waals surface area contributed by atoms with E-state index in [9.17, 15) is 9.90 Å². The lowest BCUT2D eigenvalue weighted by Gasteiger charge is -2.06. The number of pyridine rings is 1. The Bertz CT molecular complexity index is 367. The Balaban J connectivity index is 3.27. The normalized spacial score (nSPS) is 9.64. The molecule has 0 saturated heterocycles. The second-order valence-electron chi connectivity index (χ2n) is 2.35. The molecule has 0 spiro atoms. The molecule has 1 aromatic heterocycles. The van der Waals surface area contributed by atoms with Crippen LogP contribution in [0.3, 0.4) is 0 Å². The zero-order valence-corrected chi connectivity index (χ0v) is 8.33. The average molecular weight is 218 g/mol. The summed E-state index contributed by atoms with van der Waals surface area (Å²) in [5.41, 5.74) is 0.0249. The van der Waals surface area contributed by atoms with Crippen molar-refractivity contribution in [3.63, 3.8) is 0 Å². The van der Waals surface area contributed by atoms with E-state index < -0.39 is 5.97 Å². The van der Waals surface area contributed by atoms with Gasteiger partial charge in [-0.3, -0.25) is 0 Å². The maximum absolute atomic E-state index is 11.2. The lowest BCUT2D eigenvalue weighted by molar-refractivity contribution is 0.0595. The van der Waals surface area contributed by atoms with E-state index in [0.717, 1.165) is 6.07 Å². The van der Waals surface area contributed by atoms with E-state index in [1.807, 2.05) is 0 Å². The van der Waals surface area contributed by atoms with Gasteiger partial charge in [0, 0.05) is 6.07 Å². The van der Waals surface area contributed by atoms with Crippen molar-refractivity contribution in [1.29, 1.82) is 0 Å². The van der Waals surface area contributed by atoms with Crippen molar-refractivity contribution in [1.82, 2.24) is 4.98 Å². The van der Waals surface area contributed by atoms with Crippen LogP contribution in [0.4, 0.5) is 0 Å². The largest absolute Gasteiger partial charge is 0.505 e. The Labute approximate surface area is 85.2 Å². The van der Waals surface area contributed by atoms with Crippen LogP contribution in [0.1, 0.15) is 10.4 Å². The van der Waals surface area contributed by atoms with Crippen LogP contribution < -0.4 is 4.74 Å². The van der Waals surface area contributed by atoms with E-state index in [2.05, 4.69) is 9.72 Å². The van der Waals surface area contributed by atoms with Gasteiger partial charge in [-0.2, -0.15) is 4.98 Å². The number of carbonyl (C=O) groups is 1. The van der Waals surface area contributed by atoms with Crippen molar-refractivity contribution in [2.24, 2.45) is 0 Å². The molecule has 0 saturated carbocycles. The molecule has 14 heavy (non-hydrogen) atoms. The summed E-state index contributed by atoms with van der Waals surface area (Å²) in [6.45, 7) is 0. The fraction of sp³-hybridized carbons (Fsp3) is 0.250. The average Bonchev–Trinajstić information content (AvgIpc) is 2.20. The molecule has 0 atom stereocenters. The molecular formula is C8H8ClNO4. The van der Waals surface area contributed by atoms with Gasteiger partial charge in [-0.15, -0.1) is 0 Å². The summed E-state index contributed by atoms with van der Waals surface area (Å²) in [5.74, 6) is -0.936. The first-order valence-electron chi connectivity index (χ1n) is 3.62. The van der Waals surface area contributed by atoms with Gasteiger partial charge < -0.3 is 14.6 Å². The lowest BCUT2D eigenvalue weighted by atomic mass is 10.2. The van der Waals surface area contributed by atoms with E-state index in [1.165, 1.54) is 14.2 Å². The third kappa shape index (κ3) is 1.88. The van der Waals surface area contributed by atoms with Gasteiger partial charge in [0.25, 0.3) is 0 Å². The Morgan fingerprint density at radius 3 is 2.71 bits per heavy atom. The van der Waals surface area contributed by atoms with Gasteiger partial charge in [0.15, 0.2) is 10.9 Å². The minimum atomic E-state index is -0.652. The first-order chi connectivity index (χ1) is 6.60. The summed E-state index contributed by atoms with van der Waals surface area (Å²) < 4.78 is 9.26. The first kappa shape index (κ1) is 10.6. The predicted molar refractivity (Wildman–Crippen MR) is 48.8 cm³/mol. The minimum absolute atomic E-state index is 0.0136. The zero-order chi connectivity index (χ0) is 10.7. The van der Waals surface area contributed by atoms with Crippen LogP contribution in [0.25, 0.3) is 0 Å². The van der Waals surface area contributed by atoms with Crippen LogP contribution in [-0.4, -0.2) is 30.3 Å². The summed E-state index contributed by atoms with van der Waals surface area (Å²) in [5, 5.41) is 9.08. The molecule has 0 aromatic carbocycles. The van der Waals surface area contributed by atoms with Crippen LogP contribution in [0.5, 0.6) is 11.6 Å². The molecule has 0 aliphatic heterocycles. The van der Waals surface area contributed by atoms with Crippen molar-refractivity contribution >= 4 is 17.6 Å². The Hall–Kier alpha value is -1.49. The number of esters is 1. The minimum Gasteiger partial charge on any atom is -0.505 e. The van der Waals surface area contributed by atoms with Gasteiger partial charge in [0.1, 0.15) is 5.56 Å². The van der Waals surface area contributed by atoms with Gasteiger partial charge in [-0.05, 0) is 0 Å². The maximum atomic E-state index is 11.2. The molecule has 0 unspecified atom stereocenters. The third-order valence-corrected chi connectivity index (χ3v) is 1.80. The van der Waals surface area contributed by atoms with Gasteiger partial charge in [0.05, 0.1) is 14.2 Å². The van der Waals surface area contributed by atoms with E-state index in [4.69, 9.17) is 16.3 Å². The molecular weight excluding hydrogens is 210 g/mol. The molecule has 0 aliphatic rings. The molecule has 1 heterocycles. The van der Waals surface area contributed by atoms with Crippen LogP contribution in [0.15, 0.2) is 6.07 Å². The van der Waals surface area contributed by atoms with Gasteiger partial charge in [-0.1, -0.05) is 11.6 Å². The van der Waals surface area contributed by atoms with Crippen LogP contribution in [-0.2, 0) is 4.74 Å². The Morgan fingerprint density at radius 2 is 2.21 bits per heavy atom. The smallest absolute Gasteiger partial charge is 0.343 e. The molecule has 6 heteroatoms. The molecule has 0 aliphatic carbocycles. The number of nitrogens with zero attached hydrogens (tertiary/aromatic N) is 1. The van der Waals surface area contributed by atoms with Crippen molar-refractivity contribution < 1.29 is 19.4 Å². The standard InChI is InChI=1S/C8H8ClNO4/c1-13-7-4(8(12)14-2)3-5(11)6(9)10-7/h3,11H,1-2H3. The highest BCUT2D eigenvalue weighted by molar-refractivity contribution is 6.31. The summed E-state index contributed by atoms with van der Waals surface area (Å²) >= 11 is 5.52. The number of aromatic nitrogens is 1. The lowest BCUT2D eigenvalue weighted by Crippen LogP contribution is -2.05. The fourth-order valence-electron chi connectivity index (χ4n) is 0.876. The second-order valence-corrected chi connectivity index (χ2v) is 2.70.